The van der Waals surface area contributed by atoms with Gasteiger partial charge in [0.25, 0.3) is 23.6 Å². The number of allylic oxidation sites excluding steroid dienone is 1. The molecule has 2 atom stereocenters. The highest BCUT2D eigenvalue weighted by atomic mass is 16.2. The summed E-state index contributed by atoms with van der Waals surface area (Å²) in [4.78, 5) is 89.9. The fourth-order valence-electron chi connectivity index (χ4n) is 6.99. The van der Waals surface area contributed by atoms with E-state index in [1.54, 1.807) is 18.2 Å². The minimum absolute atomic E-state index is 0.116. The number of Topliss-reactive ketones (excluding diaryl/α,β-unsaturated/α-hetero) is 2. The highest BCUT2D eigenvalue weighted by Crippen LogP contribution is 2.37. The van der Waals surface area contributed by atoms with Crippen LogP contribution in [0.15, 0.2) is 48.7 Å². The number of carbonyl (C=O) groups is 7. The van der Waals surface area contributed by atoms with E-state index >= 15 is 0 Å². The molecule has 0 bridgehead atoms. The van der Waals surface area contributed by atoms with Gasteiger partial charge in [-0.15, -0.1) is 0 Å². The highest BCUT2D eigenvalue weighted by Gasteiger charge is 2.46. The Balaban J connectivity index is 0.000000188. The molecule has 4 aliphatic rings. The highest BCUT2D eigenvalue weighted by molar-refractivity contribution is 6.24. The van der Waals surface area contributed by atoms with E-state index < -0.39 is 23.9 Å². The van der Waals surface area contributed by atoms with Crippen molar-refractivity contribution < 1.29 is 33.6 Å². The lowest BCUT2D eigenvalue weighted by atomic mass is 9.82. The molecular formula is C38H43N3O7. The van der Waals surface area contributed by atoms with Gasteiger partial charge in [-0.1, -0.05) is 72.4 Å². The first-order valence-corrected chi connectivity index (χ1v) is 16.5. The summed E-state index contributed by atoms with van der Waals surface area (Å²) in [6.07, 6.45) is 2.26. The van der Waals surface area contributed by atoms with E-state index in [4.69, 9.17) is 0 Å². The molecule has 10 nitrogen and oxygen atoms in total. The molecule has 1 saturated carbocycles. The third-order valence-electron chi connectivity index (χ3n) is 9.38. The van der Waals surface area contributed by atoms with Gasteiger partial charge in [-0.25, -0.2) is 0 Å². The first-order valence-electron chi connectivity index (χ1n) is 16.5. The molecule has 2 aromatic carbocycles. The Labute approximate surface area is 280 Å². The van der Waals surface area contributed by atoms with Crippen LogP contribution < -0.4 is 5.32 Å². The topological polar surface area (TPSA) is 138 Å². The number of nitrogens with one attached hydrogen (secondary N) is 1. The van der Waals surface area contributed by atoms with E-state index in [1.807, 2.05) is 59.7 Å². The van der Waals surface area contributed by atoms with Gasteiger partial charge in [-0.2, -0.15) is 0 Å². The zero-order valence-corrected chi connectivity index (χ0v) is 28.5. The summed E-state index contributed by atoms with van der Waals surface area (Å²) >= 11 is 0. The number of hydrogen-bond donors (Lipinski definition) is 1. The van der Waals surface area contributed by atoms with Crippen molar-refractivity contribution in [2.45, 2.75) is 109 Å². The molecule has 1 saturated heterocycles. The van der Waals surface area contributed by atoms with Gasteiger partial charge < -0.3 is 5.32 Å². The van der Waals surface area contributed by atoms with Crippen molar-refractivity contribution in [1.82, 2.24) is 15.1 Å². The molecule has 252 valence electrons. The Morgan fingerprint density at radius 3 is 1.75 bits per heavy atom. The van der Waals surface area contributed by atoms with Crippen molar-refractivity contribution in [3.8, 4) is 0 Å². The van der Waals surface area contributed by atoms with Gasteiger partial charge >= 0.3 is 0 Å². The second-order valence-corrected chi connectivity index (χ2v) is 15.1. The van der Waals surface area contributed by atoms with Gasteiger partial charge in [0, 0.05) is 24.6 Å². The Morgan fingerprint density at radius 1 is 0.688 bits per heavy atom. The van der Waals surface area contributed by atoms with Crippen LogP contribution >= 0.6 is 0 Å². The van der Waals surface area contributed by atoms with Crippen LogP contribution in [0.2, 0.25) is 0 Å². The summed E-state index contributed by atoms with van der Waals surface area (Å²) < 4.78 is 0. The third kappa shape index (κ3) is 6.40. The molecule has 0 aromatic heterocycles. The van der Waals surface area contributed by atoms with E-state index in [0.29, 0.717) is 60.1 Å². The second-order valence-electron chi connectivity index (χ2n) is 15.1. The second kappa shape index (κ2) is 12.7. The number of rotatable bonds is 2. The van der Waals surface area contributed by atoms with Crippen LogP contribution in [0, 0.1) is 0 Å². The lowest BCUT2D eigenvalue weighted by molar-refractivity contribution is -0.128. The van der Waals surface area contributed by atoms with Crippen LogP contribution in [0.1, 0.15) is 139 Å². The van der Waals surface area contributed by atoms with Crippen LogP contribution in [0.4, 0.5) is 0 Å². The van der Waals surface area contributed by atoms with Gasteiger partial charge in [-0.3, -0.25) is 43.4 Å². The summed E-state index contributed by atoms with van der Waals surface area (Å²) in [5, 5.41) is 2.70. The van der Waals surface area contributed by atoms with Crippen molar-refractivity contribution in [1.29, 1.82) is 0 Å². The minimum Gasteiger partial charge on any atom is -0.330 e. The Hall–Kier alpha value is -4.73. The molecule has 0 spiro atoms. The van der Waals surface area contributed by atoms with Crippen LogP contribution in [0.5, 0.6) is 0 Å². The number of fused-ring (bicyclic) bond motifs is 2. The van der Waals surface area contributed by atoms with Crippen LogP contribution in [-0.4, -0.2) is 63.0 Å². The standard InChI is InChI=1S/C19H22N2O3.C19H21NO4/c1-11-8-9-12(10-15(22)20-11)21-17(23)13-6-5-7-14(19(2,3)4)16(13)18(21)24;1-19(2,3)13-8-5-7-12-16(13)18(24)20(17(12)23)14-9-4-6-11(21)10-15(14)22/h5-7,12H,1,8-10H2,2-4H3,(H,20,22);5,7-8,14H,4,6,9-10H2,1-3H3. The van der Waals surface area contributed by atoms with Gasteiger partial charge in [0.2, 0.25) is 5.91 Å². The number of benzene rings is 2. The lowest BCUT2D eigenvalue weighted by Gasteiger charge is -2.25. The average Bonchev–Trinajstić information content (AvgIpc) is 3.21. The van der Waals surface area contributed by atoms with E-state index in [1.165, 1.54) is 4.90 Å². The molecule has 1 aliphatic carbocycles. The lowest BCUT2D eigenvalue weighted by Crippen LogP contribution is -2.44. The van der Waals surface area contributed by atoms with E-state index in [-0.39, 0.29) is 53.0 Å². The van der Waals surface area contributed by atoms with Crippen LogP contribution in [0.25, 0.3) is 0 Å². The van der Waals surface area contributed by atoms with Gasteiger partial charge in [0.05, 0.1) is 34.7 Å². The zero-order valence-electron chi connectivity index (χ0n) is 28.5. The smallest absolute Gasteiger partial charge is 0.262 e. The fourth-order valence-corrected chi connectivity index (χ4v) is 6.99. The van der Waals surface area contributed by atoms with Crippen molar-refractivity contribution in [3.05, 3.63) is 82.1 Å². The molecule has 1 N–H and O–H groups in total. The molecule has 2 aromatic rings. The molecule has 0 radical (unpaired) electrons. The Bertz CT molecular complexity index is 1770. The van der Waals surface area contributed by atoms with E-state index in [2.05, 4.69) is 11.9 Å². The number of amides is 5. The number of imide groups is 2. The summed E-state index contributed by atoms with van der Waals surface area (Å²) in [5.41, 5.74) is 3.45. The molecule has 3 aliphatic heterocycles. The molecule has 5 amide bonds. The summed E-state index contributed by atoms with van der Waals surface area (Å²) in [6, 6.07) is 9.42. The molecule has 48 heavy (non-hydrogen) atoms. The van der Waals surface area contributed by atoms with Crippen molar-refractivity contribution >= 4 is 41.1 Å². The quantitative estimate of drug-likeness (QED) is 0.259. The average molecular weight is 654 g/mol. The maximum atomic E-state index is 13.0. The fraction of sp³-hybridized carbons (Fsp3) is 0.447. The van der Waals surface area contributed by atoms with Gasteiger partial charge in [-0.05, 0) is 59.8 Å². The van der Waals surface area contributed by atoms with Crippen LogP contribution in [0.3, 0.4) is 0 Å². The first-order chi connectivity index (χ1) is 22.4. The maximum Gasteiger partial charge on any atom is 0.262 e. The third-order valence-corrected chi connectivity index (χ3v) is 9.38. The Morgan fingerprint density at radius 2 is 1.21 bits per heavy atom. The van der Waals surface area contributed by atoms with Crippen molar-refractivity contribution in [2.24, 2.45) is 0 Å². The van der Waals surface area contributed by atoms with Gasteiger partial charge in [0.15, 0.2) is 5.78 Å². The molecule has 10 heteroatoms. The molecule has 6 rings (SSSR count). The van der Waals surface area contributed by atoms with E-state index in [0.717, 1.165) is 16.0 Å². The number of carbonyl (C=O) groups excluding carboxylic acids is 7. The van der Waals surface area contributed by atoms with Crippen molar-refractivity contribution in [2.75, 3.05) is 0 Å². The molecular weight excluding hydrogens is 610 g/mol. The monoisotopic (exact) mass is 653 g/mol. The first kappa shape index (κ1) is 34.6. The van der Waals surface area contributed by atoms with E-state index in [9.17, 15) is 33.6 Å². The number of nitrogens with zero attached hydrogens (tertiary/aromatic N) is 2. The van der Waals surface area contributed by atoms with Crippen LogP contribution in [-0.2, 0) is 25.2 Å². The summed E-state index contributed by atoms with van der Waals surface area (Å²) in [5.74, 6) is -2.06. The predicted molar refractivity (Wildman–Crippen MR) is 178 cm³/mol. The predicted octanol–water partition coefficient (Wildman–Crippen LogP) is 5.42. The number of hydrogen-bond acceptors (Lipinski definition) is 7. The summed E-state index contributed by atoms with van der Waals surface area (Å²) in [7, 11) is 0. The molecule has 2 unspecified atom stereocenters. The largest absolute Gasteiger partial charge is 0.330 e. The minimum atomic E-state index is -0.823. The maximum absolute atomic E-state index is 13.0. The number of ketones is 2. The Kier molecular flexibility index (Phi) is 9.16. The SMILES string of the molecule is C=C1CCC(N2C(=O)c3cccc(C(C)(C)C)c3C2=O)CC(=O)N1.CC(C)(C)c1cccc2c1C(=O)N(C1CCCC(=O)CC1=O)C2=O. The molecule has 2 fully saturated rings. The summed E-state index contributed by atoms with van der Waals surface area (Å²) in [6.45, 7) is 15.8. The zero-order chi connectivity index (χ0) is 35.3. The van der Waals surface area contributed by atoms with Gasteiger partial charge in [0.1, 0.15) is 5.78 Å². The van der Waals surface area contributed by atoms with Crippen molar-refractivity contribution in [3.63, 3.8) is 0 Å². The molecule has 3 heterocycles. The normalized spacial score (nSPS) is 21.8.